The van der Waals surface area contributed by atoms with E-state index in [9.17, 15) is 4.79 Å². The Bertz CT molecular complexity index is 1140. The SMILES string of the molecule is CCC(C)NC(=O)Cn1c(COc2cccc3ccccc23)nc2ccccc21. The lowest BCUT2D eigenvalue weighted by Crippen LogP contribution is -2.35. The highest BCUT2D eigenvalue weighted by molar-refractivity contribution is 5.88. The van der Waals surface area contributed by atoms with E-state index in [2.05, 4.69) is 24.4 Å². The van der Waals surface area contributed by atoms with Crippen LogP contribution in [0.4, 0.5) is 0 Å². The molecule has 148 valence electrons. The number of imidazole rings is 1. The van der Waals surface area contributed by atoms with Gasteiger partial charge in [0.05, 0.1) is 11.0 Å². The summed E-state index contributed by atoms with van der Waals surface area (Å²) in [6.45, 7) is 4.58. The lowest BCUT2D eigenvalue weighted by molar-refractivity contribution is -0.122. The van der Waals surface area contributed by atoms with E-state index in [1.54, 1.807) is 0 Å². The van der Waals surface area contributed by atoms with Crippen molar-refractivity contribution in [3.8, 4) is 5.75 Å². The van der Waals surface area contributed by atoms with Crippen molar-refractivity contribution in [1.29, 1.82) is 0 Å². The molecule has 4 aromatic rings. The average molecular weight is 387 g/mol. The maximum Gasteiger partial charge on any atom is 0.240 e. The van der Waals surface area contributed by atoms with Crippen LogP contribution < -0.4 is 10.1 Å². The lowest BCUT2D eigenvalue weighted by Gasteiger charge is -2.14. The molecule has 0 aliphatic heterocycles. The van der Waals surface area contributed by atoms with Crippen LogP contribution >= 0.6 is 0 Å². The fraction of sp³-hybridized carbons (Fsp3) is 0.250. The van der Waals surface area contributed by atoms with Crippen molar-refractivity contribution in [2.24, 2.45) is 0 Å². The first kappa shape index (κ1) is 19.0. The van der Waals surface area contributed by atoms with E-state index in [1.165, 1.54) is 0 Å². The monoisotopic (exact) mass is 387 g/mol. The topological polar surface area (TPSA) is 56.2 Å². The summed E-state index contributed by atoms with van der Waals surface area (Å²) in [5.41, 5.74) is 1.80. The number of aromatic nitrogens is 2. The Kier molecular flexibility index (Phi) is 5.47. The lowest BCUT2D eigenvalue weighted by atomic mass is 10.1. The summed E-state index contributed by atoms with van der Waals surface area (Å²) in [4.78, 5) is 17.2. The Morgan fingerprint density at radius 3 is 2.69 bits per heavy atom. The van der Waals surface area contributed by atoms with Crippen molar-refractivity contribution >= 4 is 27.7 Å². The molecule has 0 radical (unpaired) electrons. The van der Waals surface area contributed by atoms with Crippen molar-refractivity contribution in [3.63, 3.8) is 0 Å². The second-order valence-corrected chi connectivity index (χ2v) is 7.25. The van der Waals surface area contributed by atoms with E-state index < -0.39 is 0 Å². The number of ether oxygens (including phenoxy) is 1. The van der Waals surface area contributed by atoms with E-state index in [0.717, 1.165) is 39.8 Å². The fourth-order valence-corrected chi connectivity index (χ4v) is 3.44. The summed E-state index contributed by atoms with van der Waals surface area (Å²) in [6, 6.07) is 22.2. The van der Waals surface area contributed by atoms with Gasteiger partial charge in [-0.15, -0.1) is 0 Å². The number of amides is 1. The second kappa shape index (κ2) is 8.35. The minimum absolute atomic E-state index is 0.0195. The first-order valence-corrected chi connectivity index (χ1v) is 9.99. The quantitative estimate of drug-likeness (QED) is 0.501. The zero-order valence-electron chi connectivity index (χ0n) is 16.8. The number of nitrogens with zero attached hydrogens (tertiary/aromatic N) is 2. The molecule has 1 atom stereocenters. The first-order chi connectivity index (χ1) is 14.2. The Morgan fingerprint density at radius 2 is 1.83 bits per heavy atom. The molecule has 0 aliphatic rings. The maximum absolute atomic E-state index is 12.5. The zero-order chi connectivity index (χ0) is 20.2. The predicted octanol–water partition coefficient (Wildman–Crippen LogP) is 4.68. The molecule has 5 nitrogen and oxygen atoms in total. The standard InChI is InChI=1S/C24H25N3O2/c1-3-17(2)25-24(28)15-27-21-13-7-6-12-20(21)26-23(27)16-29-22-14-8-10-18-9-4-5-11-19(18)22/h4-14,17H,3,15-16H2,1-2H3,(H,25,28). The summed E-state index contributed by atoms with van der Waals surface area (Å²) in [5.74, 6) is 1.53. The van der Waals surface area contributed by atoms with Crippen LogP contribution in [0.3, 0.4) is 0 Å². The number of nitrogens with one attached hydrogen (secondary N) is 1. The van der Waals surface area contributed by atoms with Crippen molar-refractivity contribution < 1.29 is 9.53 Å². The van der Waals surface area contributed by atoms with E-state index >= 15 is 0 Å². The summed E-state index contributed by atoms with van der Waals surface area (Å²) in [7, 11) is 0. The number of rotatable bonds is 7. The molecule has 1 amide bonds. The van der Waals surface area contributed by atoms with Gasteiger partial charge in [0, 0.05) is 11.4 Å². The molecule has 1 unspecified atom stereocenters. The van der Waals surface area contributed by atoms with Gasteiger partial charge in [0.25, 0.3) is 0 Å². The second-order valence-electron chi connectivity index (χ2n) is 7.25. The molecule has 0 fully saturated rings. The fourth-order valence-electron chi connectivity index (χ4n) is 3.44. The number of carbonyl (C=O) groups is 1. The van der Waals surface area contributed by atoms with Crippen LogP contribution in [0.25, 0.3) is 21.8 Å². The molecular weight excluding hydrogens is 362 g/mol. The number of benzene rings is 3. The number of hydrogen-bond donors (Lipinski definition) is 1. The van der Waals surface area contributed by atoms with Crippen LogP contribution in [0.15, 0.2) is 66.7 Å². The van der Waals surface area contributed by atoms with Crippen molar-refractivity contribution in [2.45, 2.75) is 39.5 Å². The van der Waals surface area contributed by atoms with E-state index in [0.29, 0.717) is 6.61 Å². The number of hydrogen-bond acceptors (Lipinski definition) is 3. The third-order valence-corrected chi connectivity index (χ3v) is 5.16. The molecular formula is C24H25N3O2. The highest BCUT2D eigenvalue weighted by Gasteiger charge is 2.15. The summed E-state index contributed by atoms with van der Waals surface area (Å²) in [5, 5.41) is 5.22. The van der Waals surface area contributed by atoms with Crippen molar-refractivity contribution in [2.75, 3.05) is 0 Å². The van der Waals surface area contributed by atoms with Gasteiger partial charge in [0.15, 0.2) is 0 Å². The average Bonchev–Trinajstić information content (AvgIpc) is 3.09. The van der Waals surface area contributed by atoms with Gasteiger partial charge in [0.1, 0.15) is 24.7 Å². The van der Waals surface area contributed by atoms with Crippen molar-refractivity contribution in [1.82, 2.24) is 14.9 Å². The van der Waals surface area contributed by atoms with Crippen LogP contribution in [0.1, 0.15) is 26.1 Å². The van der Waals surface area contributed by atoms with E-state index in [4.69, 9.17) is 9.72 Å². The van der Waals surface area contributed by atoms with Gasteiger partial charge < -0.3 is 14.6 Å². The molecule has 1 aromatic heterocycles. The normalized spacial score (nSPS) is 12.2. The Morgan fingerprint density at radius 1 is 1.07 bits per heavy atom. The van der Waals surface area contributed by atoms with Crippen LogP contribution in [0, 0.1) is 0 Å². The number of para-hydroxylation sites is 2. The largest absolute Gasteiger partial charge is 0.485 e. The van der Waals surface area contributed by atoms with Gasteiger partial charge >= 0.3 is 0 Å². The van der Waals surface area contributed by atoms with E-state index in [-0.39, 0.29) is 18.5 Å². The minimum atomic E-state index is -0.0195. The maximum atomic E-state index is 12.5. The van der Waals surface area contributed by atoms with Crippen LogP contribution in [0.5, 0.6) is 5.75 Å². The van der Waals surface area contributed by atoms with Crippen LogP contribution in [-0.4, -0.2) is 21.5 Å². The highest BCUT2D eigenvalue weighted by Crippen LogP contribution is 2.26. The van der Waals surface area contributed by atoms with Gasteiger partial charge in [0.2, 0.25) is 5.91 Å². The first-order valence-electron chi connectivity index (χ1n) is 9.99. The Hall–Kier alpha value is -3.34. The predicted molar refractivity (Wildman–Crippen MR) is 116 cm³/mol. The van der Waals surface area contributed by atoms with Gasteiger partial charge in [-0.3, -0.25) is 4.79 Å². The van der Waals surface area contributed by atoms with Gasteiger partial charge in [-0.2, -0.15) is 0 Å². The molecule has 1 N–H and O–H groups in total. The number of fused-ring (bicyclic) bond motifs is 2. The third-order valence-electron chi connectivity index (χ3n) is 5.16. The van der Waals surface area contributed by atoms with Gasteiger partial charge in [-0.25, -0.2) is 4.98 Å². The minimum Gasteiger partial charge on any atom is -0.485 e. The smallest absolute Gasteiger partial charge is 0.240 e. The van der Waals surface area contributed by atoms with Gasteiger partial charge in [-0.05, 0) is 36.9 Å². The number of carbonyl (C=O) groups excluding carboxylic acids is 1. The molecule has 0 saturated carbocycles. The van der Waals surface area contributed by atoms with Crippen LogP contribution in [-0.2, 0) is 17.9 Å². The Labute approximate surface area is 170 Å². The molecule has 0 bridgehead atoms. The molecule has 1 heterocycles. The third kappa shape index (κ3) is 4.09. The molecule has 0 aliphatic carbocycles. The summed E-state index contributed by atoms with van der Waals surface area (Å²) in [6.07, 6.45) is 0.896. The molecule has 0 spiro atoms. The molecule has 0 saturated heterocycles. The zero-order valence-corrected chi connectivity index (χ0v) is 16.8. The van der Waals surface area contributed by atoms with Crippen LogP contribution in [0.2, 0.25) is 0 Å². The van der Waals surface area contributed by atoms with Crippen molar-refractivity contribution in [3.05, 3.63) is 72.6 Å². The summed E-state index contributed by atoms with van der Waals surface area (Å²) >= 11 is 0. The summed E-state index contributed by atoms with van der Waals surface area (Å²) < 4.78 is 8.09. The molecule has 5 heteroatoms. The molecule has 4 rings (SSSR count). The van der Waals surface area contributed by atoms with Gasteiger partial charge in [-0.1, -0.05) is 55.5 Å². The Balaban J connectivity index is 1.62. The van der Waals surface area contributed by atoms with E-state index in [1.807, 2.05) is 66.1 Å². The highest BCUT2D eigenvalue weighted by atomic mass is 16.5. The molecule has 3 aromatic carbocycles. The molecule has 29 heavy (non-hydrogen) atoms.